The molecule has 5 aromatic carbocycles. The lowest BCUT2D eigenvalue weighted by Gasteiger charge is -2.29. The number of carbonyl (C=O) groups excluding carboxylic acids is 16. The van der Waals surface area contributed by atoms with Crippen molar-refractivity contribution in [2.75, 3.05) is 19.7 Å². The number of nitrogens with one attached hydrogen (secondary N) is 16. The Balaban J connectivity index is 1.14. The minimum absolute atomic E-state index is 0.0422. The summed E-state index contributed by atoms with van der Waals surface area (Å²) in [7, 11) is 0. The van der Waals surface area contributed by atoms with Crippen molar-refractivity contribution in [1.29, 1.82) is 0 Å². The third kappa shape index (κ3) is 34.6. The molecule has 0 aliphatic heterocycles. The molecule has 736 valence electrons. The lowest BCUT2D eigenvalue weighted by Crippen LogP contribution is -2.62. The van der Waals surface area contributed by atoms with E-state index in [0.717, 1.165) is 0 Å². The summed E-state index contributed by atoms with van der Waals surface area (Å²) in [6.07, 6.45) is 1.78. The van der Waals surface area contributed by atoms with Crippen molar-refractivity contribution >= 4 is 122 Å². The van der Waals surface area contributed by atoms with E-state index in [-0.39, 0.29) is 108 Å². The van der Waals surface area contributed by atoms with Crippen LogP contribution in [0.1, 0.15) is 147 Å². The number of primary amides is 2. The zero-order valence-electron chi connectivity index (χ0n) is 77.1. The van der Waals surface area contributed by atoms with Crippen LogP contribution in [0.5, 0.6) is 11.5 Å². The Morgan fingerprint density at radius 1 is 0.353 bits per heavy atom. The lowest BCUT2D eigenvalue weighted by molar-refractivity contribution is -0.143. The highest BCUT2D eigenvalue weighted by atomic mass is 16.4. The molecule has 136 heavy (non-hydrogen) atoms. The lowest BCUT2D eigenvalue weighted by atomic mass is 9.96. The number of aromatic amines is 2. The van der Waals surface area contributed by atoms with E-state index in [4.69, 9.17) is 28.7 Å². The molecule has 42 heteroatoms. The molecule has 16 amide bonds. The van der Waals surface area contributed by atoms with E-state index < -0.39 is 210 Å². The van der Waals surface area contributed by atoms with Gasteiger partial charge in [0.05, 0.1) is 19.1 Å². The van der Waals surface area contributed by atoms with Crippen molar-refractivity contribution in [3.8, 4) is 11.5 Å². The normalized spacial score (nSPS) is 14.8. The molecule has 0 aliphatic rings. The van der Waals surface area contributed by atoms with Gasteiger partial charge in [0, 0.05) is 72.7 Å². The van der Waals surface area contributed by atoms with E-state index in [9.17, 15) is 78.0 Å². The number of phenolic OH excluding ortho intramolecular Hbond substituents is 2. The molecule has 7 aromatic rings. The number of phenols is 2. The van der Waals surface area contributed by atoms with Crippen molar-refractivity contribution in [2.45, 2.75) is 242 Å². The Hall–Kier alpha value is -14.4. The maximum Gasteiger partial charge on any atom is 0.326 e. The summed E-state index contributed by atoms with van der Waals surface area (Å²) < 4.78 is 0. The van der Waals surface area contributed by atoms with Gasteiger partial charge in [0.1, 0.15) is 96.1 Å². The molecule has 2 heterocycles. The molecule has 0 fully saturated rings. The van der Waals surface area contributed by atoms with Gasteiger partial charge < -0.3 is 133 Å². The number of aromatic hydroxyl groups is 2. The molecule has 16 atom stereocenters. The minimum atomic E-state index is -1.82. The second-order valence-electron chi connectivity index (χ2n) is 34.2. The molecule has 42 nitrogen and oxygen atoms in total. The number of hydrogen-bond donors (Lipinski definition) is 25. The summed E-state index contributed by atoms with van der Waals surface area (Å²) >= 11 is 0. The van der Waals surface area contributed by atoms with E-state index in [1.165, 1.54) is 69.3 Å². The molecule has 7 rings (SSSR count). The summed E-state index contributed by atoms with van der Waals surface area (Å²) in [6.45, 7) is 10.1. The number of H-pyrrole nitrogens is 2. The first-order chi connectivity index (χ1) is 64.7. The van der Waals surface area contributed by atoms with E-state index >= 15 is 24.0 Å². The van der Waals surface area contributed by atoms with Crippen LogP contribution < -0.4 is 103 Å². The first-order valence-corrected chi connectivity index (χ1v) is 45.2. The Labute approximate surface area is 786 Å². The Morgan fingerprint density at radius 3 is 1.12 bits per heavy atom. The fraction of sp³-hybridized carbons (Fsp3) is 0.457. The fourth-order valence-corrected chi connectivity index (χ4v) is 14.8. The number of rotatable bonds is 57. The quantitative estimate of drug-likeness (QED) is 0.0189. The largest absolute Gasteiger partial charge is 0.508 e. The van der Waals surface area contributed by atoms with Crippen LogP contribution in [0.4, 0.5) is 0 Å². The number of benzene rings is 5. The van der Waals surface area contributed by atoms with Gasteiger partial charge in [-0.25, -0.2) is 4.79 Å². The zero-order valence-corrected chi connectivity index (χ0v) is 77.1. The number of carboxylic acid groups (broad SMARTS) is 1. The number of nitrogens with two attached hydrogens (primary N) is 5. The summed E-state index contributed by atoms with van der Waals surface area (Å²) in [5.74, 6) is -18.1. The summed E-state index contributed by atoms with van der Waals surface area (Å²) in [5.41, 5.74) is 31.9. The predicted octanol–water partition coefficient (Wildman–Crippen LogP) is -1.68. The van der Waals surface area contributed by atoms with Crippen molar-refractivity contribution in [3.63, 3.8) is 0 Å². The minimum Gasteiger partial charge on any atom is -0.508 e. The molecule has 0 aliphatic carbocycles. The fourth-order valence-electron chi connectivity index (χ4n) is 14.8. The maximum absolute atomic E-state index is 15.4. The van der Waals surface area contributed by atoms with Crippen LogP contribution in [0, 0.1) is 11.8 Å². The molecular formula is C94H129N21O21. The first kappa shape index (κ1) is 109. The number of aromatic nitrogens is 2. The highest BCUT2D eigenvalue weighted by molar-refractivity contribution is 6.02. The number of carbonyl (C=O) groups is 17. The monoisotopic (exact) mass is 1890 g/mol. The smallest absolute Gasteiger partial charge is 0.326 e. The molecule has 2 aromatic heterocycles. The molecule has 0 unspecified atom stereocenters. The van der Waals surface area contributed by atoms with E-state index in [2.05, 4.69) is 84.4 Å². The molecule has 0 spiro atoms. The summed E-state index contributed by atoms with van der Waals surface area (Å²) in [5, 5.41) is 78.0. The van der Waals surface area contributed by atoms with Crippen molar-refractivity contribution in [3.05, 3.63) is 168 Å². The zero-order chi connectivity index (χ0) is 100.0. The number of amides is 16. The Morgan fingerprint density at radius 2 is 0.699 bits per heavy atom. The number of unbranched alkanes of at least 4 members (excludes halogenated alkanes) is 2. The van der Waals surface area contributed by atoms with Gasteiger partial charge in [-0.05, 0) is 161 Å². The number of aliphatic hydroxyl groups is 1. The van der Waals surface area contributed by atoms with Crippen molar-refractivity contribution < 1.29 is 102 Å². The molecular weight excluding hydrogens is 1760 g/mol. The van der Waals surface area contributed by atoms with Crippen LogP contribution in [0.3, 0.4) is 0 Å². The van der Waals surface area contributed by atoms with E-state index in [0.29, 0.717) is 68.9 Å². The number of hydrogen-bond acceptors (Lipinski definition) is 23. The SMILES string of the molecule is CC[C@H](C)[C@H](NC(=O)[C@H](Cc1c[nH]c2ccccc12)NC(=O)[C@H](Cc1ccccc1)NC(=O)[C@H](Cc1ccc(O)cc1)NC(=O)[C@H](CCC(N)=O)NC(=O)[C@H](C)N)C(=O)N[C@@H](C)C(=O)N[C@@H](Cc1c[nH]c2ccccc12)C(=O)N[C@@H](Cc1ccc(O)cc1)C(=O)N[C@@H](CCCCN)C(=O)N[C@@H](CC(C)C)C(=O)N[C@@H](C)C(=O)N[C@@H](CC(N)=O)C(=O)N[C@@H](CO)C(=O)N[C@@H](CCCCN)C(=O)O. The average Bonchev–Trinajstić information content (AvgIpc) is 1.65. The topological polar surface area (TPSA) is 701 Å². The average molecular weight is 1890 g/mol. The Bertz CT molecular complexity index is 5270. The molecule has 0 saturated heterocycles. The summed E-state index contributed by atoms with van der Waals surface area (Å²) in [6, 6.07) is 11.1. The number of aliphatic hydroxyl groups excluding tert-OH is 1. The number of fused-ring (bicyclic) bond motifs is 2. The van der Waals surface area contributed by atoms with Gasteiger partial charge in [-0.3, -0.25) is 76.7 Å². The number of aliphatic carboxylic acids is 1. The van der Waals surface area contributed by atoms with Crippen LogP contribution in [-0.2, 0) is 114 Å². The number of para-hydroxylation sites is 2. The van der Waals surface area contributed by atoms with Crippen LogP contribution in [0.25, 0.3) is 21.8 Å². The highest BCUT2D eigenvalue weighted by Crippen LogP contribution is 2.24. The van der Waals surface area contributed by atoms with Gasteiger partial charge >= 0.3 is 5.97 Å². The highest BCUT2D eigenvalue weighted by Gasteiger charge is 2.40. The number of carboxylic acids is 1. The van der Waals surface area contributed by atoms with Crippen LogP contribution in [-0.4, -0.2) is 241 Å². The molecule has 0 bridgehead atoms. The van der Waals surface area contributed by atoms with Gasteiger partial charge in [0.2, 0.25) is 94.5 Å². The maximum atomic E-state index is 15.4. The van der Waals surface area contributed by atoms with Gasteiger partial charge in [-0.2, -0.15) is 0 Å². The Kier molecular flexibility index (Phi) is 43.2. The third-order valence-electron chi connectivity index (χ3n) is 22.8. The van der Waals surface area contributed by atoms with Crippen molar-refractivity contribution in [1.82, 2.24) is 84.4 Å². The standard InChI is InChI=1S/C94H129N21O21/c1-8-51(4)79(115-91(132)74(45-59-48-101-65-25-15-13-23-63(59)65)113-88(129)70(41-55-20-10-9-11-21-55)111-87(128)72(43-57-30-34-61(118)35-31-57)110-84(125)67(36-37-77(98)119)104-80(121)52(5)97)93(134)103-54(7)82(123)107-73(44-58-47-100-64-24-14-12-22-62(58)64)89(130)112-71(42-56-28-32-60(117)33-29-56)86(127)105-66(26-16-18-38-95)83(124)109-69(40-50(2)3)85(126)102-53(6)81(122)108-75(46-78(99)120)90(131)114-76(49-116)92(133)106-68(94(135)136)27-17-19-39-96/h9-15,20-25,28-35,47-48,50-54,66-76,79,100-101,116-118H,8,16-19,26-27,36-46,49,95-97H2,1-7H3,(H2,98,119)(H2,99,120)(H,102,126)(H,103,134)(H,104,121)(H,105,127)(H,106,133)(H,107,123)(H,108,122)(H,109,124)(H,110,125)(H,111,128)(H,112,130)(H,113,129)(H,114,131)(H,115,132)(H,135,136)/t51-,52-,53-,54-,66-,67-,68-,69-,70-,71-,72-,73-,74-,75-,76-,79-/m0/s1. The second kappa shape index (κ2) is 54.1. The molecule has 0 radical (unpaired) electrons. The first-order valence-electron chi connectivity index (χ1n) is 45.2. The predicted molar refractivity (Wildman–Crippen MR) is 501 cm³/mol. The van der Waals surface area contributed by atoms with Crippen molar-refractivity contribution in [2.24, 2.45) is 40.5 Å². The van der Waals surface area contributed by atoms with Gasteiger partial charge in [-0.1, -0.05) is 125 Å². The summed E-state index contributed by atoms with van der Waals surface area (Å²) in [4.78, 5) is 246. The third-order valence-corrected chi connectivity index (χ3v) is 22.8. The second-order valence-corrected chi connectivity index (χ2v) is 34.2. The molecule has 30 N–H and O–H groups in total. The van der Waals surface area contributed by atoms with Gasteiger partial charge in [0.25, 0.3) is 0 Å². The van der Waals surface area contributed by atoms with Gasteiger partial charge in [0.15, 0.2) is 0 Å². The van der Waals surface area contributed by atoms with Crippen LogP contribution in [0.2, 0.25) is 0 Å². The molecule has 0 saturated carbocycles. The van der Waals surface area contributed by atoms with Crippen LogP contribution >= 0.6 is 0 Å². The van der Waals surface area contributed by atoms with Gasteiger partial charge in [-0.15, -0.1) is 0 Å². The van der Waals surface area contributed by atoms with E-state index in [1.54, 1.807) is 119 Å². The van der Waals surface area contributed by atoms with E-state index in [1.807, 2.05) is 0 Å². The van der Waals surface area contributed by atoms with Crippen LogP contribution in [0.15, 0.2) is 140 Å².